The monoisotopic (exact) mass is 555 g/mol. The molecule has 2 saturated heterocycles. The molecule has 0 N–H and O–H groups in total. The van der Waals surface area contributed by atoms with E-state index in [9.17, 15) is 4.79 Å². The number of fused-ring (bicyclic) bond motifs is 1. The third-order valence-electron chi connectivity index (χ3n) is 8.50. The summed E-state index contributed by atoms with van der Waals surface area (Å²) in [6, 6.07) is 23.0. The number of carbonyl (C=O) groups excluding carboxylic acids is 1. The molecule has 1 amide bonds. The highest BCUT2D eigenvalue weighted by Crippen LogP contribution is 2.26. The van der Waals surface area contributed by atoms with E-state index < -0.39 is 0 Å². The number of rotatable bonds is 6. The van der Waals surface area contributed by atoms with Gasteiger partial charge in [-0.3, -0.25) is 9.69 Å². The fourth-order valence-corrected chi connectivity index (χ4v) is 6.41. The number of imidazole rings is 1. The molecule has 0 bridgehead atoms. The molecule has 0 saturated carbocycles. The Morgan fingerprint density at radius 1 is 0.925 bits per heavy atom. The van der Waals surface area contributed by atoms with E-state index >= 15 is 0 Å². The SMILES string of the molecule is Cc1ccc(C)c(N2CCN(C(=O)[C@H]3CCCN(Cc4nc5ccccc5n4Cc4ccc(Cl)cc4)C3)CC2)c1. The molecule has 1 atom stereocenters. The smallest absolute Gasteiger partial charge is 0.227 e. The number of halogens is 1. The molecule has 2 aliphatic heterocycles. The van der Waals surface area contributed by atoms with Crippen LogP contribution in [0.4, 0.5) is 5.69 Å². The summed E-state index contributed by atoms with van der Waals surface area (Å²) in [6.07, 6.45) is 2.00. The summed E-state index contributed by atoms with van der Waals surface area (Å²) < 4.78 is 2.32. The van der Waals surface area contributed by atoms with Gasteiger partial charge in [-0.2, -0.15) is 0 Å². The molecule has 208 valence electrons. The van der Waals surface area contributed by atoms with Crippen LogP contribution in [-0.2, 0) is 17.9 Å². The number of hydrogen-bond donors (Lipinski definition) is 0. The maximum Gasteiger partial charge on any atom is 0.227 e. The van der Waals surface area contributed by atoms with Gasteiger partial charge in [0.15, 0.2) is 0 Å². The van der Waals surface area contributed by atoms with Crippen molar-refractivity contribution in [3.05, 3.63) is 94.3 Å². The van der Waals surface area contributed by atoms with Gasteiger partial charge >= 0.3 is 0 Å². The number of aryl methyl sites for hydroxylation is 2. The molecule has 1 aromatic heterocycles. The maximum absolute atomic E-state index is 13.6. The van der Waals surface area contributed by atoms with Crippen LogP contribution >= 0.6 is 11.6 Å². The van der Waals surface area contributed by atoms with Crippen molar-refractivity contribution in [2.45, 2.75) is 39.8 Å². The first-order chi connectivity index (χ1) is 19.4. The van der Waals surface area contributed by atoms with Crippen LogP contribution in [0.1, 0.15) is 35.4 Å². The van der Waals surface area contributed by atoms with Crippen molar-refractivity contribution < 1.29 is 4.79 Å². The van der Waals surface area contributed by atoms with Gasteiger partial charge in [0.1, 0.15) is 5.82 Å². The van der Waals surface area contributed by atoms with Crippen molar-refractivity contribution in [2.75, 3.05) is 44.2 Å². The minimum absolute atomic E-state index is 0.0510. The average molecular weight is 556 g/mol. The van der Waals surface area contributed by atoms with E-state index in [0.717, 1.165) is 87.1 Å². The first kappa shape index (κ1) is 26.9. The first-order valence-corrected chi connectivity index (χ1v) is 14.8. The summed E-state index contributed by atoms with van der Waals surface area (Å²) in [5.74, 6) is 1.42. The zero-order valence-electron chi connectivity index (χ0n) is 23.5. The molecule has 2 fully saturated rings. The quantitative estimate of drug-likeness (QED) is 0.296. The highest BCUT2D eigenvalue weighted by atomic mass is 35.5. The van der Waals surface area contributed by atoms with E-state index in [0.29, 0.717) is 5.91 Å². The Kier molecular flexibility index (Phi) is 7.81. The van der Waals surface area contributed by atoms with Crippen molar-refractivity contribution >= 4 is 34.2 Å². The highest BCUT2D eigenvalue weighted by Gasteiger charge is 2.32. The number of piperidine rings is 1. The van der Waals surface area contributed by atoms with Gasteiger partial charge in [0.25, 0.3) is 0 Å². The summed E-state index contributed by atoms with van der Waals surface area (Å²) >= 11 is 6.13. The van der Waals surface area contributed by atoms with Crippen LogP contribution in [0, 0.1) is 19.8 Å². The minimum Gasteiger partial charge on any atom is -0.368 e. The summed E-state index contributed by atoms with van der Waals surface area (Å²) in [4.78, 5) is 25.6. The Hall–Kier alpha value is -3.35. The van der Waals surface area contributed by atoms with Crippen molar-refractivity contribution in [1.82, 2.24) is 19.4 Å². The van der Waals surface area contributed by atoms with Crippen molar-refractivity contribution in [2.24, 2.45) is 5.92 Å². The van der Waals surface area contributed by atoms with Gasteiger partial charge in [-0.25, -0.2) is 4.98 Å². The largest absolute Gasteiger partial charge is 0.368 e. The summed E-state index contributed by atoms with van der Waals surface area (Å²) in [5, 5.41) is 0.746. The van der Waals surface area contributed by atoms with E-state index in [-0.39, 0.29) is 5.92 Å². The number of para-hydroxylation sites is 2. The molecule has 3 heterocycles. The number of amides is 1. The number of likely N-dealkylation sites (tertiary alicyclic amines) is 1. The standard InChI is InChI=1S/C33H38ClN5O/c1-24-9-10-25(2)31(20-24)37-16-18-38(19-17-37)33(40)27-6-5-15-36(22-27)23-32-35-29-7-3-4-8-30(29)39(32)21-26-11-13-28(34)14-12-26/h3-4,7-14,20,27H,5-6,15-19,21-23H2,1-2H3/t27-/m0/s1. The number of nitrogens with zero attached hydrogens (tertiary/aromatic N) is 5. The molecule has 7 heteroatoms. The Balaban J connectivity index is 1.12. The van der Waals surface area contributed by atoms with Crippen LogP contribution in [0.25, 0.3) is 11.0 Å². The van der Waals surface area contributed by atoms with Gasteiger partial charge in [0.05, 0.1) is 23.5 Å². The average Bonchev–Trinajstić information content (AvgIpc) is 3.31. The molecule has 0 radical (unpaired) electrons. The van der Waals surface area contributed by atoms with E-state index in [4.69, 9.17) is 16.6 Å². The highest BCUT2D eigenvalue weighted by molar-refractivity contribution is 6.30. The van der Waals surface area contributed by atoms with E-state index in [1.54, 1.807) is 0 Å². The Bertz CT molecular complexity index is 1490. The predicted molar refractivity (Wildman–Crippen MR) is 163 cm³/mol. The number of piperazine rings is 1. The topological polar surface area (TPSA) is 44.6 Å². The third kappa shape index (κ3) is 5.74. The minimum atomic E-state index is 0.0510. The van der Waals surface area contributed by atoms with Crippen LogP contribution in [0.5, 0.6) is 0 Å². The van der Waals surface area contributed by atoms with Gasteiger partial charge in [-0.1, -0.05) is 48.0 Å². The molecule has 40 heavy (non-hydrogen) atoms. The lowest BCUT2D eigenvalue weighted by atomic mass is 9.96. The lowest BCUT2D eigenvalue weighted by Crippen LogP contribution is -2.52. The number of benzene rings is 3. The number of hydrogen-bond acceptors (Lipinski definition) is 4. The van der Waals surface area contributed by atoms with Gasteiger partial charge in [0, 0.05) is 50.0 Å². The lowest BCUT2D eigenvalue weighted by Gasteiger charge is -2.40. The van der Waals surface area contributed by atoms with E-state index in [1.807, 2.05) is 18.2 Å². The second-order valence-corrected chi connectivity index (χ2v) is 11.8. The predicted octanol–water partition coefficient (Wildman–Crippen LogP) is 5.92. The Morgan fingerprint density at radius 2 is 1.70 bits per heavy atom. The summed E-state index contributed by atoms with van der Waals surface area (Å²) in [7, 11) is 0. The number of carbonyl (C=O) groups is 1. The van der Waals surface area contributed by atoms with Gasteiger partial charge in [0.2, 0.25) is 5.91 Å². The molecule has 0 spiro atoms. The van der Waals surface area contributed by atoms with Crippen molar-refractivity contribution in [3.8, 4) is 0 Å². The van der Waals surface area contributed by atoms with Crippen LogP contribution in [0.3, 0.4) is 0 Å². The lowest BCUT2D eigenvalue weighted by molar-refractivity contribution is -0.137. The van der Waals surface area contributed by atoms with Crippen LogP contribution in [0.2, 0.25) is 5.02 Å². The fourth-order valence-electron chi connectivity index (χ4n) is 6.28. The van der Waals surface area contributed by atoms with Gasteiger partial charge in [-0.05, 0) is 80.3 Å². The maximum atomic E-state index is 13.6. The molecule has 4 aromatic rings. The third-order valence-corrected chi connectivity index (χ3v) is 8.76. The van der Waals surface area contributed by atoms with Crippen molar-refractivity contribution in [1.29, 1.82) is 0 Å². The molecular weight excluding hydrogens is 518 g/mol. The second-order valence-electron chi connectivity index (χ2n) is 11.4. The second kappa shape index (κ2) is 11.6. The molecule has 6 rings (SSSR count). The van der Waals surface area contributed by atoms with Crippen LogP contribution in [0.15, 0.2) is 66.7 Å². The van der Waals surface area contributed by atoms with E-state index in [1.165, 1.54) is 22.4 Å². The first-order valence-electron chi connectivity index (χ1n) is 14.5. The normalized spacial score (nSPS) is 18.4. The zero-order valence-corrected chi connectivity index (χ0v) is 24.3. The molecule has 0 aliphatic carbocycles. The number of anilines is 1. The molecule has 6 nitrogen and oxygen atoms in total. The van der Waals surface area contributed by atoms with Crippen LogP contribution in [-0.4, -0.2) is 64.5 Å². The molecule has 3 aromatic carbocycles. The van der Waals surface area contributed by atoms with Crippen LogP contribution < -0.4 is 4.90 Å². The summed E-state index contributed by atoms with van der Waals surface area (Å²) in [5.41, 5.74) is 7.23. The van der Waals surface area contributed by atoms with Gasteiger partial charge < -0.3 is 14.4 Å². The Labute approximate surface area is 242 Å². The Morgan fingerprint density at radius 3 is 2.50 bits per heavy atom. The number of aromatic nitrogens is 2. The van der Waals surface area contributed by atoms with E-state index in [2.05, 4.69) is 81.6 Å². The van der Waals surface area contributed by atoms with Gasteiger partial charge in [-0.15, -0.1) is 0 Å². The zero-order chi connectivity index (χ0) is 27.6. The summed E-state index contributed by atoms with van der Waals surface area (Å²) in [6.45, 7) is 11.0. The van der Waals surface area contributed by atoms with Crippen molar-refractivity contribution in [3.63, 3.8) is 0 Å². The molecular formula is C33H38ClN5O. The molecule has 0 unspecified atom stereocenters. The molecule has 2 aliphatic rings. The fraction of sp³-hybridized carbons (Fsp3) is 0.394.